The SMILES string of the molecule is CC1(C)CC=Cc2cc(OCc3ccc(C(=O)O)cc3)ccc21. The molecule has 1 aliphatic rings. The van der Waals surface area contributed by atoms with Crippen molar-refractivity contribution in [3.05, 3.63) is 70.8 Å². The Kier molecular flexibility index (Phi) is 3.95. The molecule has 1 aliphatic carbocycles. The molecule has 118 valence electrons. The number of fused-ring (bicyclic) bond motifs is 1. The number of carbonyl (C=O) groups is 1. The van der Waals surface area contributed by atoms with Crippen LogP contribution in [0.4, 0.5) is 0 Å². The number of aromatic carboxylic acids is 1. The Hall–Kier alpha value is -2.55. The summed E-state index contributed by atoms with van der Waals surface area (Å²) in [5.41, 5.74) is 3.95. The molecule has 0 radical (unpaired) electrons. The lowest BCUT2D eigenvalue weighted by Gasteiger charge is -2.29. The van der Waals surface area contributed by atoms with E-state index in [2.05, 4.69) is 38.1 Å². The summed E-state index contributed by atoms with van der Waals surface area (Å²) in [6.07, 6.45) is 5.40. The van der Waals surface area contributed by atoms with Crippen LogP contribution in [0.2, 0.25) is 0 Å². The van der Waals surface area contributed by atoms with Crippen LogP contribution >= 0.6 is 0 Å². The number of benzene rings is 2. The number of allylic oxidation sites excluding steroid dienone is 1. The topological polar surface area (TPSA) is 46.5 Å². The van der Waals surface area contributed by atoms with E-state index < -0.39 is 5.97 Å². The number of rotatable bonds is 4. The fourth-order valence-electron chi connectivity index (χ4n) is 2.89. The summed E-state index contributed by atoms with van der Waals surface area (Å²) in [5.74, 6) is -0.0880. The lowest BCUT2D eigenvalue weighted by molar-refractivity contribution is 0.0697. The predicted octanol–water partition coefficient (Wildman–Crippen LogP) is 4.66. The van der Waals surface area contributed by atoms with Crippen molar-refractivity contribution in [1.29, 1.82) is 0 Å². The minimum absolute atomic E-state index is 0.162. The van der Waals surface area contributed by atoms with Crippen molar-refractivity contribution >= 4 is 12.0 Å². The van der Waals surface area contributed by atoms with Crippen molar-refractivity contribution in [2.45, 2.75) is 32.3 Å². The number of hydrogen-bond acceptors (Lipinski definition) is 2. The zero-order valence-corrected chi connectivity index (χ0v) is 13.4. The Bertz CT molecular complexity index is 755. The van der Waals surface area contributed by atoms with Gasteiger partial charge in [0.15, 0.2) is 0 Å². The van der Waals surface area contributed by atoms with Crippen LogP contribution in [0.15, 0.2) is 48.5 Å². The Labute approximate surface area is 136 Å². The van der Waals surface area contributed by atoms with Gasteiger partial charge in [0, 0.05) is 0 Å². The monoisotopic (exact) mass is 308 g/mol. The van der Waals surface area contributed by atoms with Crippen molar-refractivity contribution in [3.8, 4) is 5.75 Å². The van der Waals surface area contributed by atoms with E-state index in [1.165, 1.54) is 11.1 Å². The van der Waals surface area contributed by atoms with E-state index in [1.54, 1.807) is 24.3 Å². The molecule has 2 aromatic rings. The molecule has 0 aromatic heterocycles. The summed E-state index contributed by atoms with van der Waals surface area (Å²) >= 11 is 0. The molecule has 0 heterocycles. The lowest BCUT2D eigenvalue weighted by Crippen LogP contribution is -2.19. The van der Waals surface area contributed by atoms with Crippen molar-refractivity contribution in [2.24, 2.45) is 0 Å². The van der Waals surface area contributed by atoms with Crippen molar-refractivity contribution in [1.82, 2.24) is 0 Å². The van der Waals surface area contributed by atoms with Gasteiger partial charge in [-0.2, -0.15) is 0 Å². The highest BCUT2D eigenvalue weighted by atomic mass is 16.5. The molecule has 2 aromatic carbocycles. The van der Waals surface area contributed by atoms with Crippen molar-refractivity contribution < 1.29 is 14.6 Å². The normalized spacial score (nSPS) is 15.0. The molecule has 0 aliphatic heterocycles. The van der Waals surface area contributed by atoms with Gasteiger partial charge in [-0.15, -0.1) is 0 Å². The summed E-state index contributed by atoms with van der Waals surface area (Å²) in [4.78, 5) is 10.8. The van der Waals surface area contributed by atoms with Crippen LogP contribution in [0.25, 0.3) is 6.08 Å². The average Bonchev–Trinajstić information content (AvgIpc) is 2.53. The highest BCUT2D eigenvalue weighted by Crippen LogP contribution is 2.36. The van der Waals surface area contributed by atoms with E-state index in [9.17, 15) is 4.79 Å². The molecule has 3 heteroatoms. The second-order valence-electron chi connectivity index (χ2n) is 6.53. The van der Waals surface area contributed by atoms with Gasteiger partial charge in [-0.05, 0) is 52.8 Å². The molecule has 3 rings (SSSR count). The maximum absolute atomic E-state index is 10.8. The summed E-state index contributed by atoms with van der Waals surface area (Å²) in [7, 11) is 0. The van der Waals surface area contributed by atoms with Gasteiger partial charge in [0.05, 0.1) is 5.56 Å². The molecular weight excluding hydrogens is 288 g/mol. The van der Waals surface area contributed by atoms with E-state index in [1.807, 2.05) is 6.07 Å². The Morgan fingerprint density at radius 2 is 1.91 bits per heavy atom. The minimum Gasteiger partial charge on any atom is -0.489 e. The maximum Gasteiger partial charge on any atom is 0.335 e. The molecule has 0 saturated heterocycles. The molecule has 0 spiro atoms. The molecule has 1 N–H and O–H groups in total. The Balaban J connectivity index is 1.72. The maximum atomic E-state index is 10.8. The van der Waals surface area contributed by atoms with E-state index >= 15 is 0 Å². The van der Waals surface area contributed by atoms with Gasteiger partial charge in [0.1, 0.15) is 12.4 Å². The third kappa shape index (κ3) is 3.29. The molecule has 0 saturated carbocycles. The van der Waals surface area contributed by atoms with Crippen molar-refractivity contribution in [2.75, 3.05) is 0 Å². The number of carboxylic acid groups (broad SMARTS) is 1. The quantitative estimate of drug-likeness (QED) is 0.893. The first-order chi connectivity index (χ1) is 11.0. The molecule has 0 fully saturated rings. The minimum atomic E-state index is -0.915. The average molecular weight is 308 g/mol. The zero-order valence-electron chi connectivity index (χ0n) is 13.4. The standard InChI is InChI=1S/C20H20O3/c1-20(2)11-3-4-16-12-17(9-10-18(16)20)23-13-14-5-7-15(8-6-14)19(21)22/h3-10,12H,11,13H2,1-2H3,(H,21,22). The first-order valence-electron chi connectivity index (χ1n) is 7.72. The van der Waals surface area contributed by atoms with Gasteiger partial charge >= 0.3 is 5.97 Å². The molecule has 0 atom stereocenters. The van der Waals surface area contributed by atoms with Gasteiger partial charge in [0.25, 0.3) is 0 Å². The van der Waals surface area contributed by atoms with Crippen LogP contribution in [0.3, 0.4) is 0 Å². The van der Waals surface area contributed by atoms with Gasteiger partial charge in [-0.1, -0.05) is 44.2 Å². The van der Waals surface area contributed by atoms with Crippen molar-refractivity contribution in [3.63, 3.8) is 0 Å². The fourth-order valence-corrected chi connectivity index (χ4v) is 2.89. The van der Waals surface area contributed by atoms with E-state index in [0.29, 0.717) is 6.61 Å². The van der Waals surface area contributed by atoms with Gasteiger partial charge in [-0.25, -0.2) is 4.79 Å². The summed E-state index contributed by atoms with van der Waals surface area (Å²) < 4.78 is 5.85. The largest absolute Gasteiger partial charge is 0.489 e. The summed E-state index contributed by atoms with van der Waals surface area (Å²) in [6.45, 7) is 4.92. The van der Waals surface area contributed by atoms with Crippen LogP contribution in [-0.4, -0.2) is 11.1 Å². The lowest BCUT2D eigenvalue weighted by atomic mass is 9.76. The number of ether oxygens (including phenoxy) is 1. The number of carboxylic acids is 1. The molecule has 3 nitrogen and oxygen atoms in total. The fraction of sp³-hybridized carbons (Fsp3) is 0.250. The van der Waals surface area contributed by atoms with Gasteiger partial charge < -0.3 is 9.84 Å². The summed E-state index contributed by atoms with van der Waals surface area (Å²) in [6, 6.07) is 13.0. The van der Waals surface area contributed by atoms with Crippen LogP contribution in [0.5, 0.6) is 5.75 Å². The van der Waals surface area contributed by atoms with Crippen LogP contribution < -0.4 is 4.74 Å². The second-order valence-corrected chi connectivity index (χ2v) is 6.53. The highest BCUT2D eigenvalue weighted by Gasteiger charge is 2.24. The van der Waals surface area contributed by atoms with E-state index in [-0.39, 0.29) is 11.0 Å². The Morgan fingerprint density at radius 3 is 2.61 bits per heavy atom. The van der Waals surface area contributed by atoms with Crippen LogP contribution in [0, 0.1) is 0 Å². The second kappa shape index (κ2) is 5.92. The molecule has 0 amide bonds. The first kappa shape index (κ1) is 15.3. The first-order valence-corrected chi connectivity index (χ1v) is 7.72. The van der Waals surface area contributed by atoms with Gasteiger partial charge in [-0.3, -0.25) is 0 Å². The molecule has 23 heavy (non-hydrogen) atoms. The van der Waals surface area contributed by atoms with E-state index in [0.717, 1.165) is 17.7 Å². The third-order valence-corrected chi connectivity index (χ3v) is 4.28. The molecular formula is C20H20O3. The smallest absolute Gasteiger partial charge is 0.335 e. The molecule has 0 bridgehead atoms. The zero-order chi connectivity index (χ0) is 16.4. The number of hydrogen-bond donors (Lipinski definition) is 1. The summed E-state index contributed by atoms with van der Waals surface area (Å²) in [5, 5.41) is 8.90. The predicted molar refractivity (Wildman–Crippen MR) is 90.9 cm³/mol. The van der Waals surface area contributed by atoms with Crippen LogP contribution in [-0.2, 0) is 12.0 Å². The van der Waals surface area contributed by atoms with Crippen LogP contribution in [0.1, 0.15) is 47.3 Å². The molecule has 0 unspecified atom stereocenters. The highest BCUT2D eigenvalue weighted by molar-refractivity contribution is 5.87. The van der Waals surface area contributed by atoms with E-state index in [4.69, 9.17) is 9.84 Å². The Morgan fingerprint density at radius 1 is 1.17 bits per heavy atom. The van der Waals surface area contributed by atoms with Gasteiger partial charge in [0.2, 0.25) is 0 Å². The third-order valence-electron chi connectivity index (χ3n) is 4.28.